The molecule has 1 aromatic heterocycles. The Hall–Kier alpha value is -2.34. The van der Waals surface area contributed by atoms with Gasteiger partial charge >= 0.3 is 0 Å². The van der Waals surface area contributed by atoms with E-state index in [-0.39, 0.29) is 11.7 Å². The monoisotopic (exact) mass is 371 g/mol. The molecule has 6 heteroatoms. The van der Waals surface area contributed by atoms with Gasteiger partial charge in [0.2, 0.25) is 0 Å². The average Bonchev–Trinajstić information content (AvgIpc) is 3.16. The summed E-state index contributed by atoms with van der Waals surface area (Å²) in [5.41, 5.74) is 1.83. The van der Waals surface area contributed by atoms with Crippen molar-refractivity contribution >= 4 is 5.78 Å². The molecule has 1 atom stereocenters. The van der Waals surface area contributed by atoms with Gasteiger partial charge in [0.25, 0.3) is 0 Å². The summed E-state index contributed by atoms with van der Waals surface area (Å²) < 4.78 is 12.6. The second-order valence-electron chi connectivity index (χ2n) is 7.43. The summed E-state index contributed by atoms with van der Waals surface area (Å²) in [5.74, 6) is 1.41. The first-order valence-corrected chi connectivity index (χ1v) is 9.53. The molecule has 0 saturated carbocycles. The fourth-order valence-corrected chi connectivity index (χ4v) is 3.63. The van der Waals surface area contributed by atoms with E-state index in [2.05, 4.69) is 30.0 Å². The first-order chi connectivity index (χ1) is 13.0. The SMILES string of the molecule is COc1ccc(C(=O)C2CCCN(Cc3cnn(C(C)C)c3)C2)c(OC)c1. The van der Waals surface area contributed by atoms with Crippen LogP contribution < -0.4 is 9.47 Å². The minimum atomic E-state index is -0.0128. The lowest BCUT2D eigenvalue weighted by molar-refractivity contribution is 0.0808. The molecule has 1 unspecified atom stereocenters. The molecule has 0 bridgehead atoms. The van der Waals surface area contributed by atoms with Gasteiger partial charge in [0, 0.05) is 42.9 Å². The quantitative estimate of drug-likeness (QED) is 0.697. The number of ether oxygens (including phenoxy) is 2. The Morgan fingerprint density at radius 2 is 2.11 bits per heavy atom. The van der Waals surface area contributed by atoms with Crippen molar-refractivity contribution in [1.29, 1.82) is 0 Å². The number of methoxy groups -OCH3 is 2. The lowest BCUT2D eigenvalue weighted by Gasteiger charge is -2.31. The van der Waals surface area contributed by atoms with Gasteiger partial charge in [0.15, 0.2) is 5.78 Å². The molecule has 1 aliphatic heterocycles. The number of hydrogen-bond donors (Lipinski definition) is 0. The van der Waals surface area contributed by atoms with Crippen molar-refractivity contribution in [3.63, 3.8) is 0 Å². The number of likely N-dealkylation sites (tertiary alicyclic amines) is 1. The molecule has 0 amide bonds. The van der Waals surface area contributed by atoms with Crippen LogP contribution in [0.2, 0.25) is 0 Å². The van der Waals surface area contributed by atoms with Crippen molar-refractivity contribution < 1.29 is 14.3 Å². The van der Waals surface area contributed by atoms with E-state index in [1.54, 1.807) is 20.3 Å². The van der Waals surface area contributed by atoms with Crippen molar-refractivity contribution in [3.8, 4) is 11.5 Å². The zero-order chi connectivity index (χ0) is 19.4. The third kappa shape index (κ3) is 4.50. The highest BCUT2D eigenvalue weighted by Crippen LogP contribution is 2.30. The number of hydrogen-bond acceptors (Lipinski definition) is 5. The average molecular weight is 371 g/mol. The lowest BCUT2D eigenvalue weighted by atomic mass is 9.89. The van der Waals surface area contributed by atoms with Crippen LogP contribution in [0.4, 0.5) is 0 Å². The van der Waals surface area contributed by atoms with Gasteiger partial charge in [-0.1, -0.05) is 0 Å². The van der Waals surface area contributed by atoms with Crippen LogP contribution in [0.25, 0.3) is 0 Å². The zero-order valence-electron chi connectivity index (χ0n) is 16.6. The lowest BCUT2D eigenvalue weighted by Crippen LogP contribution is -2.38. The summed E-state index contributed by atoms with van der Waals surface area (Å²) >= 11 is 0. The van der Waals surface area contributed by atoms with Crippen molar-refractivity contribution in [2.75, 3.05) is 27.3 Å². The largest absolute Gasteiger partial charge is 0.497 e. The van der Waals surface area contributed by atoms with Crippen molar-refractivity contribution in [3.05, 3.63) is 41.7 Å². The van der Waals surface area contributed by atoms with Crippen LogP contribution in [0.15, 0.2) is 30.6 Å². The molecule has 2 aromatic rings. The van der Waals surface area contributed by atoms with E-state index in [9.17, 15) is 4.79 Å². The number of Topliss-reactive ketones (excluding diaryl/α,β-unsaturated/α-hetero) is 1. The molecule has 0 N–H and O–H groups in total. The molecule has 146 valence electrons. The van der Waals surface area contributed by atoms with Crippen molar-refractivity contribution in [1.82, 2.24) is 14.7 Å². The van der Waals surface area contributed by atoms with Crippen LogP contribution in [0.3, 0.4) is 0 Å². The van der Waals surface area contributed by atoms with Gasteiger partial charge in [-0.3, -0.25) is 14.4 Å². The fourth-order valence-electron chi connectivity index (χ4n) is 3.63. The summed E-state index contributed by atoms with van der Waals surface area (Å²) in [6, 6.07) is 5.76. The van der Waals surface area contributed by atoms with E-state index in [1.807, 2.05) is 23.0 Å². The minimum absolute atomic E-state index is 0.0128. The van der Waals surface area contributed by atoms with E-state index < -0.39 is 0 Å². The van der Waals surface area contributed by atoms with E-state index in [0.717, 1.165) is 32.5 Å². The Bertz CT molecular complexity index is 785. The van der Waals surface area contributed by atoms with Crippen LogP contribution in [0.5, 0.6) is 11.5 Å². The summed E-state index contributed by atoms with van der Waals surface area (Å²) in [7, 11) is 3.20. The Morgan fingerprint density at radius 3 is 2.78 bits per heavy atom. The molecule has 0 spiro atoms. The molecular formula is C21H29N3O3. The van der Waals surface area contributed by atoms with Crippen LogP contribution in [-0.4, -0.2) is 47.8 Å². The maximum Gasteiger partial charge on any atom is 0.170 e. The van der Waals surface area contributed by atoms with Crippen molar-refractivity contribution in [2.45, 2.75) is 39.3 Å². The van der Waals surface area contributed by atoms with Crippen LogP contribution in [0.1, 0.15) is 48.7 Å². The first kappa shape index (κ1) is 19.4. The third-order valence-corrected chi connectivity index (χ3v) is 5.14. The van der Waals surface area contributed by atoms with Crippen LogP contribution in [-0.2, 0) is 6.54 Å². The second kappa shape index (κ2) is 8.57. The van der Waals surface area contributed by atoms with E-state index >= 15 is 0 Å². The second-order valence-corrected chi connectivity index (χ2v) is 7.43. The highest BCUT2D eigenvalue weighted by molar-refractivity contribution is 6.00. The third-order valence-electron chi connectivity index (χ3n) is 5.14. The summed E-state index contributed by atoms with van der Waals surface area (Å²) in [6.07, 6.45) is 5.96. The molecule has 1 saturated heterocycles. The summed E-state index contributed by atoms with van der Waals surface area (Å²) in [6.45, 7) is 6.84. The van der Waals surface area contributed by atoms with Gasteiger partial charge in [-0.05, 0) is 45.4 Å². The summed E-state index contributed by atoms with van der Waals surface area (Å²) in [4.78, 5) is 15.5. The number of aromatic nitrogens is 2. The Morgan fingerprint density at radius 1 is 1.30 bits per heavy atom. The molecule has 2 heterocycles. The molecule has 1 fully saturated rings. The fraction of sp³-hybridized carbons (Fsp3) is 0.524. The van der Waals surface area contributed by atoms with E-state index in [0.29, 0.717) is 23.1 Å². The zero-order valence-corrected chi connectivity index (χ0v) is 16.6. The smallest absolute Gasteiger partial charge is 0.170 e. The standard InChI is InChI=1S/C21H29N3O3/c1-15(2)24-13-16(11-22-24)12-23-9-5-6-17(14-23)21(25)19-8-7-18(26-3)10-20(19)27-4/h7-8,10-11,13,15,17H,5-6,9,12,14H2,1-4H3. The number of carbonyl (C=O) groups excluding carboxylic acids is 1. The van der Waals surface area contributed by atoms with Crippen LogP contribution >= 0.6 is 0 Å². The molecule has 0 aliphatic carbocycles. The van der Waals surface area contributed by atoms with Gasteiger partial charge in [-0.25, -0.2) is 0 Å². The molecule has 3 rings (SSSR count). The number of benzene rings is 1. The first-order valence-electron chi connectivity index (χ1n) is 9.53. The molecule has 1 aliphatic rings. The number of rotatable bonds is 7. The number of nitrogens with zero attached hydrogens (tertiary/aromatic N) is 3. The molecule has 1 aromatic carbocycles. The predicted molar refractivity (Wildman–Crippen MR) is 104 cm³/mol. The Labute approximate surface area is 161 Å². The Balaban J connectivity index is 1.69. The minimum Gasteiger partial charge on any atom is -0.497 e. The number of carbonyl (C=O) groups is 1. The van der Waals surface area contributed by atoms with Gasteiger partial charge in [-0.15, -0.1) is 0 Å². The maximum atomic E-state index is 13.1. The number of piperidine rings is 1. The number of ketones is 1. The van der Waals surface area contributed by atoms with Crippen molar-refractivity contribution in [2.24, 2.45) is 5.92 Å². The highest BCUT2D eigenvalue weighted by atomic mass is 16.5. The van der Waals surface area contributed by atoms with E-state index in [1.165, 1.54) is 5.56 Å². The molecule has 27 heavy (non-hydrogen) atoms. The topological polar surface area (TPSA) is 56.6 Å². The van der Waals surface area contributed by atoms with Crippen LogP contribution in [0, 0.1) is 5.92 Å². The molecule has 6 nitrogen and oxygen atoms in total. The highest BCUT2D eigenvalue weighted by Gasteiger charge is 2.28. The normalized spacial score (nSPS) is 17.9. The van der Waals surface area contributed by atoms with E-state index in [4.69, 9.17) is 9.47 Å². The summed E-state index contributed by atoms with van der Waals surface area (Å²) in [5, 5.41) is 4.42. The van der Waals surface area contributed by atoms with Gasteiger partial charge < -0.3 is 9.47 Å². The maximum absolute atomic E-state index is 13.1. The van der Waals surface area contributed by atoms with Gasteiger partial charge in [0.05, 0.1) is 26.0 Å². The van der Waals surface area contributed by atoms with Gasteiger partial charge in [0.1, 0.15) is 11.5 Å². The Kier molecular flexibility index (Phi) is 6.16. The predicted octanol–water partition coefficient (Wildman–Crippen LogP) is 3.58. The molecule has 0 radical (unpaired) electrons. The molecular weight excluding hydrogens is 342 g/mol. The van der Waals surface area contributed by atoms with Gasteiger partial charge in [-0.2, -0.15) is 5.10 Å².